The lowest BCUT2D eigenvalue weighted by Gasteiger charge is -2.45. The molecule has 1 aliphatic carbocycles. The van der Waals surface area contributed by atoms with E-state index in [1.807, 2.05) is 12.1 Å². The van der Waals surface area contributed by atoms with Gasteiger partial charge in [0.15, 0.2) is 0 Å². The molecule has 0 heterocycles. The first kappa shape index (κ1) is 17.1. The Morgan fingerprint density at radius 3 is 2.29 bits per heavy atom. The van der Waals surface area contributed by atoms with Gasteiger partial charge in [-0.25, -0.2) is 0 Å². The van der Waals surface area contributed by atoms with E-state index in [1.165, 1.54) is 0 Å². The van der Waals surface area contributed by atoms with E-state index in [2.05, 4.69) is 13.8 Å². The van der Waals surface area contributed by atoms with Gasteiger partial charge in [0, 0.05) is 13.5 Å². The molecule has 2 rings (SSSR count). The van der Waals surface area contributed by atoms with Gasteiger partial charge in [-0.3, -0.25) is 0 Å². The van der Waals surface area contributed by atoms with Crippen molar-refractivity contribution in [3.8, 4) is 0 Å². The van der Waals surface area contributed by atoms with Gasteiger partial charge in [-0.2, -0.15) is 0 Å². The molecular formula is C17H24Cl2O2. The monoisotopic (exact) mass is 330 g/mol. The molecule has 1 aliphatic rings. The minimum absolute atomic E-state index is 0.339. The quantitative estimate of drug-likeness (QED) is 0.852. The number of rotatable bonds is 4. The number of methoxy groups -OCH3 is 1. The first-order valence-corrected chi connectivity index (χ1v) is 8.21. The summed E-state index contributed by atoms with van der Waals surface area (Å²) in [6.07, 6.45) is 3.91. The average Bonchev–Trinajstić information content (AvgIpc) is 2.43. The molecule has 0 aromatic heterocycles. The number of hydrogen-bond acceptors (Lipinski definition) is 2. The van der Waals surface area contributed by atoms with Crippen LogP contribution in [0.3, 0.4) is 0 Å². The predicted molar refractivity (Wildman–Crippen MR) is 88.2 cm³/mol. The molecule has 1 fully saturated rings. The summed E-state index contributed by atoms with van der Waals surface area (Å²) in [5, 5.41) is 11.8. The highest BCUT2D eigenvalue weighted by atomic mass is 35.5. The Hall–Kier alpha value is -0.280. The highest BCUT2D eigenvalue weighted by Gasteiger charge is 2.43. The van der Waals surface area contributed by atoms with Gasteiger partial charge >= 0.3 is 0 Å². The molecule has 1 unspecified atom stereocenters. The van der Waals surface area contributed by atoms with E-state index in [-0.39, 0.29) is 0 Å². The Morgan fingerprint density at radius 2 is 1.76 bits per heavy atom. The standard InChI is InChI=1S/C17H24Cl2O2/c1-16(2)6-8-17(21-3,9-7-16)15(20)11-12-4-5-13(18)14(19)10-12/h4-5,10,15,20H,6-9,11H2,1-3H3. The van der Waals surface area contributed by atoms with E-state index in [4.69, 9.17) is 27.9 Å². The van der Waals surface area contributed by atoms with Gasteiger partial charge in [-0.05, 0) is 48.8 Å². The molecule has 0 amide bonds. The maximum Gasteiger partial charge on any atom is 0.0940 e. The van der Waals surface area contributed by atoms with E-state index in [0.29, 0.717) is 21.9 Å². The van der Waals surface area contributed by atoms with Crippen molar-refractivity contribution in [2.24, 2.45) is 5.41 Å². The van der Waals surface area contributed by atoms with E-state index < -0.39 is 11.7 Å². The maximum absolute atomic E-state index is 10.7. The minimum atomic E-state index is -0.532. The summed E-state index contributed by atoms with van der Waals surface area (Å²) in [5.41, 5.74) is 0.880. The molecule has 0 aliphatic heterocycles. The van der Waals surface area contributed by atoms with Crippen LogP contribution in [0.25, 0.3) is 0 Å². The number of halogens is 2. The molecule has 0 saturated heterocycles. The van der Waals surface area contributed by atoms with Gasteiger partial charge in [-0.15, -0.1) is 0 Å². The van der Waals surface area contributed by atoms with Crippen molar-refractivity contribution >= 4 is 23.2 Å². The Morgan fingerprint density at radius 1 is 1.14 bits per heavy atom. The Kier molecular flexibility index (Phi) is 5.25. The summed E-state index contributed by atoms with van der Waals surface area (Å²) in [6, 6.07) is 5.51. The van der Waals surface area contributed by atoms with Crippen LogP contribution in [0.15, 0.2) is 18.2 Å². The topological polar surface area (TPSA) is 29.5 Å². The number of benzene rings is 1. The summed E-state index contributed by atoms with van der Waals surface area (Å²) in [5.74, 6) is 0. The lowest BCUT2D eigenvalue weighted by molar-refractivity contribution is -0.135. The highest BCUT2D eigenvalue weighted by Crippen LogP contribution is 2.44. The third-order valence-corrected chi connectivity index (χ3v) is 5.62. The van der Waals surface area contributed by atoms with Crippen molar-refractivity contribution in [3.63, 3.8) is 0 Å². The molecular weight excluding hydrogens is 307 g/mol. The fourth-order valence-corrected chi connectivity index (χ4v) is 3.42. The second-order valence-electron chi connectivity index (χ2n) is 6.90. The van der Waals surface area contributed by atoms with Crippen LogP contribution >= 0.6 is 23.2 Å². The smallest absolute Gasteiger partial charge is 0.0940 e. The van der Waals surface area contributed by atoms with Crippen LogP contribution in [0.2, 0.25) is 10.0 Å². The fraction of sp³-hybridized carbons (Fsp3) is 0.647. The van der Waals surface area contributed by atoms with Gasteiger partial charge < -0.3 is 9.84 Å². The number of aliphatic hydroxyl groups excluding tert-OH is 1. The Labute approximate surface area is 137 Å². The van der Waals surface area contributed by atoms with Crippen LogP contribution in [0, 0.1) is 5.41 Å². The maximum atomic E-state index is 10.7. The summed E-state index contributed by atoms with van der Waals surface area (Å²) in [7, 11) is 1.70. The Bertz CT molecular complexity index is 490. The van der Waals surface area contributed by atoms with Crippen LogP contribution in [0.4, 0.5) is 0 Å². The molecule has 2 nitrogen and oxygen atoms in total. The molecule has 0 bridgehead atoms. The summed E-state index contributed by atoms with van der Waals surface area (Å²) in [4.78, 5) is 0. The second-order valence-corrected chi connectivity index (χ2v) is 7.72. The van der Waals surface area contributed by atoms with Crippen LogP contribution in [-0.2, 0) is 11.2 Å². The molecule has 1 aromatic rings. The summed E-state index contributed by atoms with van der Waals surface area (Å²) >= 11 is 12.0. The number of ether oxygens (including phenoxy) is 1. The largest absolute Gasteiger partial charge is 0.390 e. The van der Waals surface area contributed by atoms with E-state index in [9.17, 15) is 5.11 Å². The van der Waals surface area contributed by atoms with Crippen LogP contribution < -0.4 is 0 Å². The molecule has 0 radical (unpaired) electrons. The average molecular weight is 331 g/mol. The summed E-state index contributed by atoms with van der Waals surface area (Å²) in [6.45, 7) is 4.55. The second kappa shape index (κ2) is 6.45. The third kappa shape index (κ3) is 3.92. The molecule has 118 valence electrons. The lowest BCUT2D eigenvalue weighted by Crippen LogP contribution is -2.49. The van der Waals surface area contributed by atoms with Crippen LogP contribution in [0.1, 0.15) is 45.1 Å². The SMILES string of the molecule is COC1(C(O)Cc2ccc(Cl)c(Cl)c2)CCC(C)(C)CC1. The van der Waals surface area contributed by atoms with Crippen LogP contribution in [-0.4, -0.2) is 23.9 Å². The lowest BCUT2D eigenvalue weighted by atomic mass is 9.68. The zero-order valence-corrected chi connectivity index (χ0v) is 14.5. The molecule has 1 aromatic carbocycles. The fourth-order valence-electron chi connectivity index (χ4n) is 3.10. The summed E-state index contributed by atoms with van der Waals surface area (Å²) < 4.78 is 5.75. The van der Waals surface area contributed by atoms with Crippen molar-refractivity contribution in [3.05, 3.63) is 33.8 Å². The number of aliphatic hydroxyl groups is 1. The van der Waals surface area contributed by atoms with Gasteiger partial charge in [0.05, 0.1) is 21.8 Å². The normalized spacial score (nSPS) is 22.0. The van der Waals surface area contributed by atoms with Crippen molar-refractivity contribution in [1.29, 1.82) is 0 Å². The first-order valence-electron chi connectivity index (χ1n) is 7.45. The van der Waals surface area contributed by atoms with Gasteiger partial charge in [0.25, 0.3) is 0 Å². The van der Waals surface area contributed by atoms with Gasteiger partial charge in [0.1, 0.15) is 0 Å². The highest BCUT2D eigenvalue weighted by molar-refractivity contribution is 6.42. The molecule has 4 heteroatoms. The van der Waals surface area contributed by atoms with Crippen molar-refractivity contribution in [1.82, 2.24) is 0 Å². The van der Waals surface area contributed by atoms with Crippen molar-refractivity contribution in [2.45, 2.75) is 57.7 Å². The third-order valence-electron chi connectivity index (χ3n) is 4.88. The Balaban J connectivity index is 2.10. The van der Waals surface area contributed by atoms with Gasteiger partial charge in [0.2, 0.25) is 0 Å². The minimum Gasteiger partial charge on any atom is -0.390 e. The molecule has 1 saturated carbocycles. The van der Waals surface area contributed by atoms with Crippen molar-refractivity contribution in [2.75, 3.05) is 7.11 Å². The van der Waals surface area contributed by atoms with Crippen molar-refractivity contribution < 1.29 is 9.84 Å². The number of hydrogen-bond donors (Lipinski definition) is 1. The van der Waals surface area contributed by atoms with E-state index in [1.54, 1.807) is 13.2 Å². The zero-order chi connectivity index (χ0) is 15.7. The molecule has 1 atom stereocenters. The first-order chi connectivity index (χ1) is 9.78. The molecule has 21 heavy (non-hydrogen) atoms. The zero-order valence-electron chi connectivity index (χ0n) is 13.0. The molecule has 0 spiro atoms. The predicted octanol–water partition coefficient (Wildman–Crippen LogP) is 4.88. The van der Waals surface area contributed by atoms with E-state index in [0.717, 1.165) is 31.2 Å². The van der Waals surface area contributed by atoms with Crippen LogP contribution in [0.5, 0.6) is 0 Å². The molecule has 1 N–H and O–H groups in total. The van der Waals surface area contributed by atoms with E-state index >= 15 is 0 Å². The van der Waals surface area contributed by atoms with Gasteiger partial charge in [-0.1, -0.05) is 43.1 Å².